The van der Waals surface area contributed by atoms with E-state index in [0.717, 1.165) is 30.1 Å². The summed E-state index contributed by atoms with van der Waals surface area (Å²) in [6.45, 7) is 9.26. The van der Waals surface area contributed by atoms with Gasteiger partial charge in [0.2, 0.25) is 5.91 Å². The molecular weight excluding hydrogens is 468 g/mol. The van der Waals surface area contributed by atoms with Crippen LogP contribution in [-0.2, 0) is 4.79 Å². The second-order valence-corrected chi connectivity index (χ2v) is 8.37. The number of halogens is 1. The third-order valence-corrected chi connectivity index (χ3v) is 6.08. The van der Waals surface area contributed by atoms with E-state index in [1.165, 1.54) is 13.0 Å². The van der Waals surface area contributed by atoms with Gasteiger partial charge in [-0.05, 0) is 44.5 Å². The Balaban J connectivity index is 2.06. The van der Waals surface area contributed by atoms with Gasteiger partial charge in [-0.15, -0.1) is 10.2 Å². The van der Waals surface area contributed by atoms with Crippen molar-refractivity contribution in [3.8, 4) is 6.07 Å². The molecule has 0 atom stereocenters. The molecular formula is C25H27ClN6O3. The second kappa shape index (κ2) is 11.1. The first-order valence-electron chi connectivity index (χ1n) is 11.5. The van der Waals surface area contributed by atoms with Gasteiger partial charge in [0.25, 0.3) is 11.8 Å². The fourth-order valence-corrected chi connectivity index (χ4v) is 4.20. The molecule has 2 aromatic carbocycles. The summed E-state index contributed by atoms with van der Waals surface area (Å²) in [5.74, 6) is -1.25. The summed E-state index contributed by atoms with van der Waals surface area (Å²) in [4.78, 5) is 40.7. The van der Waals surface area contributed by atoms with E-state index >= 15 is 0 Å². The number of nitriles is 1. The summed E-state index contributed by atoms with van der Waals surface area (Å²) in [6.07, 6.45) is 1.48. The molecule has 2 aromatic rings. The molecule has 0 saturated carbocycles. The number of azo groups is 1. The molecule has 0 spiro atoms. The number of hydrogen-bond donors (Lipinski definition) is 1. The van der Waals surface area contributed by atoms with E-state index in [1.54, 1.807) is 12.1 Å². The summed E-state index contributed by atoms with van der Waals surface area (Å²) < 4.78 is 0. The lowest BCUT2D eigenvalue weighted by Crippen LogP contribution is -2.30. The molecule has 182 valence electrons. The predicted molar refractivity (Wildman–Crippen MR) is 135 cm³/mol. The molecule has 35 heavy (non-hydrogen) atoms. The first-order chi connectivity index (χ1) is 16.8. The fourth-order valence-electron chi connectivity index (χ4n) is 3.88. The molecule has 3 rings (SSSR count). The Morgan fingerprint density at radius 3 is 2.46 bits per heavy atom. The number of unbranched alkanes of at least 4 members (excludes halogenated alkanes) is 1. The van der Waals surface area contributed by atoms with Crippen molar-refractivity contribution in [3.05, 3.63) is 46.0 Å². The van der Waals surface area contributed by atoms with E-state index in [-0.39, 0.29) is 39.9 Å². The van der Waals surface area contributed by atoms with Gasteiger partial charge >= 0.3 is 0 Å². The Morgan fingerprint density at radius 1 is 1.14 bits per heavy atom. The summed E-state index contributed by atoms with van der Waals surface area (Å²) in [5.41, 5.74) is 1.84. The van der Waals surface area contributed by atoms with Gasteiger partial charge in [0, 0.05) is 32.2 Å². The number of nitrogens with one attached hydrogen (secondary N) is 1. The highest BCUT2D eigenvalue weighted by Crippen LogP contribution is 2.40. The zero-order valence-electron chi connectivity index (χ0n) is 20.2. The third-order valence-electron chi connectivity index (χ3n) is 5.71. The third kappa shape index (κ3) is 5.17. The van der Waals surface area contributed by atoms with Crippen LogP contribution in [0.1, 0.15) is 66.8 Å². The van der Waals surface area contributed by atoms with Crippen LogP contribution in [-0.4, -0.2) is 42.3 Å². The van der Waals surface area contributed by atoms with Gasteiger partial charge in [-0.1, -0.05) is 24.9 Å². The number of nitrogens with zero attached hydrogens (tertiary/aromatic N) is 5. The van der Waals surface area contributed by atoms with Crippen molar-refractivity contribution in [2.75, 3.05) is 29.9 Å². The van der Waals surface area contributed by atoms with Crippen molar-refractivity contribution in [3.63, 3.8) is 0 Å². The summed E-state index contributed by atoms with van der Waals surface area (Å²) in [7, 11) is 0. The average molecular weight is 495 g/mol. The number of amides is 3. The first-order valence-corrected chi connectivity index (χ1v) is 11.9. The number of benzene rings is 2. The Labute approximate surface area is 209 Å². The topological polar surface area (TPSA) is 118 Å². The molecule has 0 aliphatic carbocycles. The number of anilines is 2. The lowest BCUT2D eigenvalue weighted by atomic mass is 10.0. The molecule has 1 N–H and O–H groups in total. The molecule has 10 heteroatoms. The molecule has 0 radical (unpaired) electrons. The number of imide groups is 1. The molecule has 0 fully saturated rings. The molecule has 1 aliphatic heterocycles. The van der Waals surface area contributed by atoms with Crippen molar-refractivity contribution >= 4 is 52.1 Å². The number of fused-ring (bicyclic) bond motifs is 1. The molecule has 0 saturated heterocycles. The minimum absolute atomic E-state index is 0.00648. The summed E-state index contributed by atoms with van der Waals surface area (Å²) in [5, 5.41) is 20.7. The lowest BCUT2D eigenvalue weighted by Gasteiger charge is -2.22. The highest BCUT2D eigenvalue weighted by Gasteiger charge is 2.39. The Hall–Kier alpha value is -3.77. The molecule has 3 amide bonds. The van der Waals surface area contributed by atoms with Crippen LogP contribution in [0.5, 0.6) is 0 Å². The molecule has 9 nitrogen and oxygen atoms in total. The van der Waals surface area contributed by atoms with Crippen LogP contribution in [0, 0.1) is 11.3 Å². The van der Waals surface area contributed by atoms with Gasteiger partial charge in [0.15, 0.2) is 0 Å². The quantitative estimate of drug-likeness (QED) is 0.347. The monoisotopic (exact) mass is 494 g/mol. The second-order valence-electron chi connectivity index (χ2n) is 7.99. The van der Waals surface area contributed by atoms with E-state index in [4.69, 9.17) is 11.6 Å². The van der Waals surface area contributed by atoms with Gasteiger partial charge < -0.3 is 10.2 Å². The number of carbonyl (C=O) groups excluding carboxylic acids is 3. The Morgan fingerprint density at radius 2 is 1.86 bits per heavy atom. The van der Waals surface area contributed by atoms with Crippen molar-refractivity contribution in [1.82, 2.24) is 4.90 Å². The van der Waals surface area contributed by atoms with Gasteiger partial charge in [-0.3, -0.25) is 19.3 Å². The van der Waals surface area contributed by atoms with Gasteiger partial charge in [0.05, 0.1) is 27.4 Å². The van der Waals surface area contributed by atoms with E-state index in [0.29, 0.717) is 17.8 Å². The molecule has 1 heterocycles. The highest BCUT2D eigenvalue weighted by molar-refractivity contribution is 6.39. The van der Waals surface area contributed by atoms with Crippen molar-refractivity contribution in [2.24, 2.45) is 10.2 Å². The first kappa shape index (κ1) is 25.8. The normalized spacial score (nSPS) is 12.7. The van der Waals surface area contributed by atoms with Crippen molar-refractivity contribution < 1.29 is 14.4 Å². The maximum absolute atomic E-state index is 12.9. The Bertz CT molecular complexity index is 1250. The van der Waals surface area contributed by atoms with Gasteiger partial charge in [-0.25, -0.2) is 0 Å². The minimum atomic E-state index is -0.507. The van der Waals surface area contributed by atoms with Gasteiger partial charge in [0.1, 0.15) is 17.4 Å². The van der Waals surface area contributed by atoms with Crippen LogP contribution in [0.4, 0.5) is 22.7 Å². The standard InChI is InChI=1S/C25H27ClN6O3/c1-5-8-11-32-24(34)18-12-16(14-27)23(22(26)21(18)25(32)35)30-29-19-10-9-17(31(6-2)7-3)13-20(19)28-15(4)33/h9-10,12-13H,5-8,11H2,1-4H3,(H,28,33). The van der Waals surface area contributed by atoms with Gasteiger partial charge in [-0.2, -0.15) is 5.26 Å². The number of hydrogen-bond acceptors (Lipinski definition) is 7. The van der Waals surface area contributed by atoms with Crippen molar-refractivity contribution in [2.45, 2.75) is 40.5 Å². The predicted octanol–water partition coefficient (Wildman–Crippen LogP) is 5.83. The van der Waals surface area contributed by atoms with E-state index in [9.17, 15) is 19.6 Å². The van der Waals surface area contributed by atoms with Crippen LogP contribution < -0.4 is 10.2 Å². The molecule has 1 aliphatic rings. The zero-order chi connectivity index (χ0) is 25.7. The molecule has 0 unspecified atom stereocenters. The number of rotatable bonds is 9. The minimum Gasteiger partial charge on any atom is -0.372 e. The SMILES string of the molecule is CCCCN1C(=O)c2cc(C#N)c(N=Nc3ccc(N(CC)CC)cc3NC(C)=O)c(Cl)c2C1=O. The summed E-state index contributed by atoms with van der Waals surface area (Å²) in [6, 6.07) is 8.68. The van der Waals surface area contributed by atoms with Crippen LogP contribution in [0.15, 0.2) is 34.5 Å². The largest absolute Gasteiger partial charge is 0.372 e. The smallest absolute Gasteiger partial charge is 0.263 e. The molecule has 0 bridgehead atoms. The van der Waals surface area contributed by atoms with E-state index in [2.05, 4.69) is 20.4 Å². The zero-order valence-corrected chi connectivity index (χ0v) is 20.9. The van der Waals surface area contributed by atoms with Crippen molar-refractivity contribution in [1.29, 1.82) is 5.26 Å². The van der Waals surface area contributed by atoms with Crippen LogP contribution in [0.25, 0.3) is 0 Å². The Kier molecular flexibility index (Phi) is 8.20. The fraction of sp³-hybridized carbons (Fsp3) is 0.360. The summed E-state index contributed by atoms with van der Waals surface area (Å²) >= 11 is 6.51. The molecule has 0 aromatic heterocycles. The van der Waals surface area contributed by atoms with E-state index < -0.39 is 11.8 Å². The average Bonchev–Trinajstić information content (AvgIpc) is 3.07. The highest BCUT2D eigenvalue weighted by atomic mass is 35.5. The maximum Gasteiger partial charge on any atom is 0.263 e. The van der Waals surface area contributed by atoms with Crippen LogP contribution in [0.2, 0.25) is 5.02 Å². The maximum atomic E-state index is 12.9. The van der Waals surface area contributed by atoms with E-state index in [1.807, 2.05) is 32.9 Å². The van der Waals surface area contributed by atoms with Crippen LogP contribution in [0.3, 0.4) is 0 Å². The number of carbonyl (C=O) groups is 3. The lowest BCUT2D eigenvalue weighted by molar-refractivity contribution is -0.114. The van der Waals surface area contributed by atoms with Crippen LogP contribution >= 0.6 is 11.6 Å².